The molecule has 0 heterocycles. The van der Waals surface area contributed by atoms with Gasteiger partial charge in [-0.3, -0.25) is 4.79 Å². The Kier molecular flexibility index (Phi) is 4.38. The van der Waals surface area contributed by atoms with Gasteiger partial charge in [-0.05, 0) is 12.8 Å². The topological polar surface area (TPSA) is 49.3 Å². The van der Waals surface area contributed by atoms with E-state index in [0.717, 1.165) is 6.42 Å². The normalized spacial score (nSPS) is 19.3. The van der Waals surface area contributed by atoms with Gasteiger partial charge in [-0.25, -0.2) is 0 Å². The van der Waals surface area contributed by atoms with Crippen molar-refractivity contribution in [1.82, 2.24) is 5.32 Å². The highest BCUT2D eigenvalue weighted by atomic mass is 19.4. The Bertz CT molecular complexity index is 318. The quantitative estimate of drug-likeness (QED) is 0.767. The minimum atomic E-state index is -6.12. The van der Waals surface area contributed by atoms with Crippen LogP contribution in [-0.2, 0) is 4.79 Å². The van der Waals surface area contributed by atoms with Crippen molar-refractivity contribution >= 4 is 5.91 Å². The van der Waals surface area contributed by atoms with Crippen LogP contribution in [0, 0.1) is 0 Å². The first-order valence-electron chi connectivity index (χ1n) is 5.67. The Hall–Kier alpha value is -0.990. The molecule has 2 N–H and O–H groups in total. The predicted octanol–water partition coefficient (Wildman–Crippen LogP) is 2.29. The van der Waals surface area contributed by atoms with E-state index in [9.17, 15) is 31.1 Å². The van der Waals surface area contributed by atoms with Crippen LogP contribution in [-0.4, -0.2) is 35.0 Å². The maximum Gasteiger partial charge on any atom is 0.435 e. The van der Waals surface area contributed by atoms with Gasteiger partial charge in [0.2, 0.25) is 0 Å². The molecule has 1 aliphatic rings. The highest BCUT2D eigenvalue weighted by Crippen LogP contribution is 2.43. The molecule has 19 heavy (non-hydrogen) atoms. The van der Waals surface area contributed by atoms with Crippen molar-refractivity contribution in [2.24, 2.45) is 0 Å². The number of aliphatic hydroxyl groups is 1. The molecule has 0 aromatic rings. The van der Waals surface area contributed by atoms with Crippen molar-refractivity contribution in [3.8, 4) is 0 Å². The fraction of sp³-hybridized carbons (Fsp3) is 0.900. The molecule has 0 spiro atoms. The number of hydrogen-bond acceptors (Lipinski definition) is 2. The second kappa shape index (κ2) is 5.18. The van der Waals surface area contributed by atoms with Crippen molar-refractivity contribution in [3.63, 3.8) is 0 Å². The summed E-state index contributed by atoms with van der Waals surface area (Å²) in [7, 11) is 0. The zero-order valence-corrected chi connectivity index (χ0v) is 9.74. The number of rotatable bonds is 2. The molecule has 0 aromatic heterocycles. The van der Waals surface area contributed by atoms with Crippen LogP contribution in [0.25, 0.3) is 0 Å². The number of halogens is 6. The average Bonchev–Trinajstić information content (AvgIpc) is 2.26. The Morgan fingerprint density at radius 2 is 1.37 bits per heavy atom. The first-order valence-corrected chi connectivity index (χ1v) is 5.67. The molecule has 0 aliphatic heterocycles. The highest BCUT2D eigenvalue weighted by Gasteiger charge is 2.75. The Balaban J connectivity index is 2.90. The van der Waals surface area contributed by atoms with Crippen molar-refractivity contribution in [3.05, 3.63) is 0 Å². The van der Waals surface area contributed by atoms with E-state index in [-0.39, 0.29) is 0 Å². The fourth-order valence-electron chi connectivity index (χ4n) is 1.95. The maximum atomic E-state index is 12.4. The highest BCUT2D eigenvalue weighted by molar-refractivity contribution is 5.87. The summed E-state index contributed by atoms with van der Waals surface area (Å²) >= 11 is 0. The van der Waals surface area contributed by atoms with E-state index in [2.05, 4.69) is 0 Å². The SMILES string of the molecule is O=C(NC1CCCCC1)C(O)(C(F)(F)F)C(F)(F)F. The second-order valence-electron chi connectivity index (χ2n) is 4.51. The fourth-order valence-corrected chi connectivity index (χ4v) is 1.95. The van der Waals surface area contributed by atoms with Gasteiger partial charge in [-0.1, -0.05) is 19.3 Å². The van der Waals surface area contributed by atoms with Gasteiger partial charge in [0.1, 0.15) is 0 Å². The zero-order chi connectivity index (χ0) is 14.9. The molecular formula is C10H13F6NO2. The molecule has 0 aromatic carbocycles. The van der Waals surface area contributed by atoms with Gasteiger partial charge >= 0.3 is 18.0 Å². The number of carbonyl (C=O) groups excluding carboxylic acids is 1. The molecule has 1 amide bonds. The molecule has 9 heteroatoms. The molecule has 1 rings (SSSR count). The van der Waals surface area contributed by atoms with Crippen molar-refractivity contribution in [2.75, 3.05) is 0 Å². The van der Waals surface area contributed by atoms with Crippen LogP contribution >= 0.6 is 0 Å². The third-order valence-electron chi connectivity index (χ3n) is 3.09. The summed E-state index contributed by atoms with van der Waals surface area (Å²) in [5.74, 6) is -2.46. The van der Waals surface area contributed by atoms with Gasteiger partial charge in [0.25, 0.3) is 5.91 Å². The predicted molar refractivity (Wildman–Crippen MR) is 52.1 cm³/mol. The van der Waals surface area contributed by atoms with Gasteiger partial charge in [0.15, 0.2) is 0 Å². The molecule has 0 unspecified atom stereocenters. The van der Waals surface area contributed by atoms with Crippen LogP contribution in [0.5, 0.6) is 0 Å². The monoisotopic (exact) mass is 293 g/mol. The lowest BCUT2D eigenvalue weighted by molar-refractivity contribution is -0.350. The standard InChI is InChI=1S/C10H13F6NO2/c11-9(12,13)8(19,10(14,15)16)7(18)17-6-4-2-1-3-5-6/h6,19H,1-5H2,(H,17,18). The lowest BCUT2D eigenvalue weighted by Gasteiger charge is -2.33. The Morgan fingerprint density at radius 1 is 0.947 bits per heavy atom. The Morgan fingerprint density at radius 3 is 1.74 bits per heavy atom. The van der Waals surface area contributed by atoms with Crippen LogP contribution in [0.15, 0.2) is 0 Å². The number of hydrogen-bond donors (Lipinski definition) is 2. The van der Waals surface area contributed by atoms with E-state index < -0.39 is 29.9 Å². The van der Waals surface area contributed by atoms with Crippen LogP contribution in [0.1, 0.15) is 32.1 Å². The minimum absolute atomic E-state index is 0.303. The van der Waals surface area contributed by atoms with Crippen LogP contribution in [0.2, 0.25) is 0 Å². The first-order chi connectivity index (χ1) is 8.50. The lowest BCUT2D eigenvalue weighted by atomic mass is 9.94. The number of alkyl halides is 6. The molecule has 0 saturated heterocycles. The number of amides is 1. The molecule has 0 radical (unpaired) electrons. The molecule has 112 valence electrons. The molecule has 0 bridgehead atoms. The van der Waals surface area contributed by atoms with Gasteiger partial charge in [0.05, 0.1) is 0 Å². The lowest BCUT2D eigenvalue weighted by Crippen LogP contribution is -2.66. The van der Waals surface area contributed by atoms with Gasteiger partial charge < -0.3 is 10.4 Å². The molecule has 1 fully saturated rings. The summed E-state index contributed by atoms with van der Waals surface area (Å²) in [6, 6.07) is -0.766. The largest absolute Gasteiger partial charge is 0.435 e. The zero-order valence-electron chi connectivity index (χ0n) is 9.74. The number of nitrogens with one attached hydrogen (secondary N) is 1. The van der Waals surface area contributed by atoms with Gasteiger partial charge in [0, 0.05) is 6.04 Å². The van der Waals surface area contributed by atoms with Crippen molar-refractivity contribution < 1.29 is 36.2 Å². The molecule has 3 nitrogen and oxygen atoms in total. The van der Waals surface area contributed by atoms with E-state index in [4.69, 9.17) is 5.11 Å². The summed E-state index contributed by atoms with van der Waals surface area (Å²) < 4.78 is 74.2. The van der Waals surface area contributed by atoms with E-state index in [1.54, 1.807) is 5.32 Å². The second-order valence-corrected chi connectivity index (χ2v) is 4.51. The van der Waals surface area contributed by atoms with E-state index in [1.807, 2.05) is 0 Å². The summed E-state index contributed by atoms with van der Waals surface area (Å²) in [5, 5.41) is 10.5. The minimum Gasteiger partial charge on any atom is -0.366 e. The molecular weight excluding hydrogens is 280 g/mol. The van der Waals surface area contributed by atoms with Crippen LogP contribution in [0.4, 0.5) is 26.3 Å². The summed E-state index contributed by atoms with van der Waals surface area (Å²) in [4.78, 5) is 11.2. The maximum absolute atomic E-state index is 12.4. The summed E-state index contributed by atoms with van der Waals surface area (Å²) in [5.41, 5.74) is -5.36. The van der Waals surface area contributed by atoms with Crippen molar-refractivity contribution in [2.45, 2.75) is 56.1 Å². The Labute approximate surface area is 105 Å². The molecule has 0 atom stereocenters. The van der Waals surface area contributed by atoms with E-state index in [0.29, 0.717) is 25.7 Å². The third-order valence-corrected chi connectivity index (χ3v) is 3.09. The first kappa shape index (κ1) is 16.1. The number of carbonyl (C=O) groups is 1. The third kappa shape index (κ3) is 3.13. The van der Waals surface area contributed by atoms with Gasteiger partial charge in [-0.2, -0.15) is 26.3 Å². The van der Waals surface area contributed by atoms with Crippen molar-refractivity contribution in [1.29, 1.82) is 0 Å². The smallest absolute Gasteiger partial charge is 0.366 e. The van der Waals surface area contributed by atoms with E-state index >= 15 is 0 Å². The van der Waals surface area contributed by atoms with E-state index in [1.165, 1.54) is 0 Å². The molecule has 1 saturated carbocycles. The average molecular weight is 293 g/mol. The summed E-state index contributed by atoms with van der Waals surface area (Å²) in [6.45, 7) is 0. The van der Waals surface area contributed by atoms with Crippen LogP contribution < -0.4 is 5.32 Å². The van der Waals surface area contributed by atoms with Crippen LogP contribution in [0.3, 0.4) is 0 Å². The van der Waals surface area contributed by atoms with Gasteiger partial charge in [-0.15, -0.1) is 0 Å². The molecule has 1 aliphatic carbocycles. The summed E-state index contributed by atoms with van der Waals surface area (Å²) in [6.07, 6.45) is -9.60.